The van der Waals surface area contributed by atoms with Crippen molar-refractivity contribution in [2.75, 3.05) is 26.8 Å². The first-order valence-corrected chi connectivity index (χ1v) is 12.1. The molecule has 0 bridgehead atoms. The number of amides is 1. The monoisotopic (exact) mass is 489 g/mol. The normalized spacial score (nSPS) is 15.9. The van der Waals surface area contributed by atoms with Gasteiger partial charge in [0.1, 0.15) is 17.7 Å². The average Bonchev–Trinajstić information content (AvgIpc) is 3.11. The first-order valence-electron chi connectivity index (χ1n) is 12.1. The summed E-state index contributed by atoms with van der Waals surface area (Å²) in [6, 6.07) is 16.2. The maximum absolute atomic E-state index is 15.2. The van der Waals surface area contributed by atoms with Crippen LogP contribution >= 0.6 is 0 Å². The molecule has 1 aliphatic rings. The molecule has 0 aromatic heterocycles. The quantitative estimate of drug-likeness (QED) is 0.509. The molecule has 0 aliphatic carbocycles. The summed E-state index contributed by atoms with van der Waals surface area (Å²) in [4.78, 5) is 15.1. The summed E-state index contributed by atoms with van der Waals surface area (Å²) < 4.78 is 34.9. The van der Waals surface area contributed by atoms with Gasteiger partial charge in [-0.1, -0.05) is 24.3 Å². The average molecular weight is 490 g/mol. The van der Waals surface area contributed by atoms with Crippen LogP contribution in [0.4, 0.5) is 8.78 Å². The van der Waals surface area contributed by atoms with Gasteiger partial charge in [-0.15, -0.1) is 0 Å². The Morgan fingerprint density at radius 2 is 1.83 bits per heavy atom. The molecular formula is C29H29F2N3O2. The van der Waals surface area contributed by atoms with Crippen molar-refractivity contribution in [3.05, 3.63) is 82.9 Å². The van der Waals surface area contributed by atoms with E-state index in [1.54, 1.807) is 42.3 Å². The summed E-state index contributed by atoms with van der Waals surface area (Å²) in [5.74, 6) is -1.23. The lowest BCUT2D eigenvalue weighted by Gasteiger charge is -2.22. The molecule has 36 heavy (non-hydrogen) atoms. The number of nitrogens with zero attached hydrogens (tertiary/aromatic N) is 2. The van der Waals surface area contributed by atoms with Gasteiger partial charge in [0.05, 0.1) is 12.2 Å². The first kappa shape index (κ1) is 25.5. The summed E-state index contributed by atoms with van der Waals surface area (Å²) >= 11 is 0. The van der Waals surface area contributed by atoms with Crippen LogP contribution in [-0.4, -0.2) is 43.7 Å². The number of likely N-dealkylation sites (tertiary alicyclic amines) is 1. The Hall–Kier alpha value is -3.60. The molecule has 1 fully saturated rings. The SMILES string of the molecule is COCCc1ccc(-c2ccc(C(=O)N3CCCC(N)CC3)cc2-c2ccc(C#N)c(F)c2)c(F)c1. The lowest BCUT2D eigenvalue weighted by Crippen LogP contribution is -2.32. The molecule has 2 N–H and O–H groups in total. The van der Waals surface area contributed by atoms with Gasteiger partial charge in [-0.05, 0) is 78.3 Å². The molecule has 4 rings (SSSR count). The molecular weight excluding hydrogens is 460 g/mol. The zero-order valence-electron chi connectivity index (χ0n) is 20.3. The van der Waals surface area contributed by atoms with Gasteiger partial charge in [-0.3, -0.25) is 4.79 Å². The predicted octanol–water partition coefficient (Wildman–Crippen LogP) is 5.31. The number of ether oxygens (including phenoxy) is 1. The van der Waals surface area contributed by atoms with Crippen LogP contribution in [0.1, 0.15) is 40.7 Å². The first-order chi connectivity index (χ1) is 17.4. The number of benzene rings is 3. The number of hydrogen-bond donors (Lipinski definition) is 1. The Morgan fingerprint density at radius 1 is 1.03 bits per heavy atom. The van der Waals surface area contributed by atoms with Gasteiger partial charge in [0, 0.05) is 37.4 Å². The third-order valence-electron chi connectivity index (χ3n) is 6.65. The molecule has 186 valence electrons. The number of nitrogens with two attached hydrogens (primary N) is 1. The second-order valence-corrected chi connectivity index (χ2v) is 9.11. The van der Waals surface area contributed by atoms with Crippen LogP contribution in [0.2, 0.25) is 0 Å². The van der Waals surface area contributed by atoms with Crippen molar-refractivity contribution in [1.82, 2.24) is 4.90 Å². The van der Waals surface area contributed by atoms with E-state index in [9.17, 15) is 9.18 Å². The Morgan fingerprint density at radius 3 is 2.56 bits per heavy atom. The van der Waals surface area contributed by atoms with E-state index in [2.05, 4.69) is 0 Å². The molecule has 3 aromatic rings. The summed E-state index contributed by atoms with van der Waals surface area (Å²) in [5.41, 5.74) is 9.07. The van der Waals surface area contributed by atoms with Crippen molar-refractivity contribution in [3.63, 3.8) is 0 Å². The van der Waals surface area contributed by atoms with Crippen LogP contribution in [0.15, 0.2) is 54.6 Å². The summed E-state index contributed by atoms with van der Waals surface area (Å²) in [6.07, 6.45) is 3.02. The van der Waals surface area contributed by atoms with Crippen LogP contribution in [0, 0.1) is 23.0 Å². The van der Waals surface area contributed by atoms with Crippen LogP contribution in [0.5, 0.6) is 0 Å². The minimum atomic E-state index is -0.672. The third-order valence-corrected chi connectivity index (χ3v) is 6.65. The van der Waals surface area contributed by atoms with Crippen molar-refractivity contribution in [2.45, 2.75) is 31.7 Å². The van der Waals surface area contributed by atoms with E-state index in [0.717, 1.165) is 24.8 Å². The van der Waals surface area contributed by atoms with E-state index in [-0.39, 0.29) is 17.5 Å². The number of carbonyl (C=O) groups excluding carboxylic acids is 1. The summed E-state index contributed by atoms with van der Waals surface area (Å²) in [7, 11) is 1.59. The number of methoxy groups -OCH3 is 1. The van der Waals surface area contributed by atoms with Crippen LogP contribution < -0.4 is 5.73 Å². The van der Waals surface area contributed by atoms with Crippen LogP contribution in [-0.2, 0) is 11.2 Å². The Balaban J connectivity index is 1.78. The maximum atomic E-state index is 15.2. The molecule has 1 saturated heterocycles. The van der Waals surface area contributed by atoms with Crippen molar-refractivity contribution in [1.29, 1.82) is 5.26 Å². The van der Waals surface area contributed by atoms with E-state index in [1.165, 1.54) is 18.2 Å². The standard InChI is InChI=1S/C29H29F2N3O2/c1-36-14-11-19-4-8-25(28(31)15-19)24-9-7-21(29(35)34-12-2-3-23(33)10-13-34)16-26(24)20-5-6-22(18-32)27(30)17-20/h4-9,15-17,23H,2-3,10-14,33H2,1H3. The highest BCUT2D eigenvalue weighted by atomic mass is 19.1. The second kappa shape index (κ2) is 11.4. The molecule has 1 unspecified atom stereocenters. The molecule has 3 aromatic carbocycles. The molecule has 0 saturated carbocycles. The lowest BCUT2D eigenvalue weighted by molar-refractivity contribution is 0.0761. The molecule has 1 atom stereocenters. The van der Waals surface area contributed by atoms with E-state index in [0.29, 0.717) is 53.9 Å². The molecule has 5 nitrogen and oxygen atoms in total. The zero-order valence-corrected chi connectivity index (χ0v) is 20.3. The fourth-order valence-corrected chi connectivity index (χ4v) is 4.58. The molecule has 0 radical (unpaired) electrons. The number of rotatable bonds is 6. The Bertz CT molecular complexity index is 1300. The highest BCUT2D eigenvalue weighted by Gasteiger charge is 2.22. The van der Waals surface area contributed by atoms with Gasteiger partial charge in [-0.2, -0.15) is 5.26 Å². The summed E-state index contributed by atoms with van der Waals surface area (Å²) in [5, 5.41) is 9.13. The van der Waals surface area contributed by atoms with E-state index in [4.69, 9.17) is 15.7 Å². The van der Waals surface area contributed by atoms with Crippen molar-refractivity contribution < 1.29 is 18.3 Å². The van der Waals surface area contributed by atoms with E-state index < -0.39 is 11.6 Å². The molecule has 7 heteroatoms. The fraction of sp³-hybridized carbons (Fsp3) is 0.310. The van der Waals surface area contributed by atoms with Gasteiger partial charge in [-0.25, -0.2) is 8.78 Å². The Kier molecular flexibility index (Phi) is 8.09. The topological polar surface area (TPSA) is 79.3 Å². The Labute approximate surface area is 210 Å². The van der Waals surface area contributed by atoms with Gasteiger partial charge in [0.15, 0.2) is 0 Å². The lowest BCUT2D eigenvalue weighted by atomic mass is 9.91. The molecule has 1 heterocycles. The maximum Gasteiger partial charge on any atom is 0.253 e. The molecule has 1 amide bonds. The van der Waals surface area contributed by atoms with Crippen molar-refractivity contribution >= 4 is 5.91 Å². The highest BCUT2D eigenvalue weighted by Crippen LogP contribution is 2.36. The van der Waals surface area contributed by atoms with Crippen molar-refractivity contribution in [2.24, 2.45) is 5.73 Å². The smallest absolute Gasteiger partial charge is 0.253 e. The number of nitriles is 1. The second-order valence-electron chi connectivity index (χ2n) is 9.11. The predicted molar refractivity (Wildman–Crippen MR) is 135 cm³/mol. The van der Waals surface area contributed by atoms with Gasteiger partial charge in [0.2, 0.25) is 0 Å². The number of halogens is 2. The van der Waals surface area contributed by atoms with E-state index in [1.807, 2.05) is 12.1 Å². The molecule has 1 aliphatic heterocycles. The van der Waals surface area contributed by atoms with Gasteiger partial charge in [0.25, 0.3) is 5.91 Å². The summed E-state index contributed by atoms with van der Waals surface area (Å²) in [6.45, 7) is 1.67. The van der Waals surface area contributed by atoms with Gasteiger partial charge < -0.3 is 15.4 Å². The molecule has 0 spiro atoms. The van der Waals surface area contributed by atoms with Crippen LogP contribution in [0.25, 0.3) is 22.3 Å². The van der Waals surface area contributed by atoms with Gasteiger partial charge >= 0.3 is 0 Å². The number of hydrogen-bond acceptors (Lipinski definition) is 4. The van der Waals surface area contributed by atoms with E-state index >= 15 is 4.39 Å². The fourth-order valence-electron chi connectivity index (χ4n) is 4.58. The zero-order chi connectivity index (χ0) is 25.7. The number of carbonyl (C=O) groups is 1. The minimum Gasteiger partial charge on any atom is -0.384 e. The van der Waals surface area contributed by atoms with Crippen molar-refractivity contribution in [3.8, 4) is 28.3 Å². The highest BCUT2D eigenvalue weighted by molar-refractivity contribution is 5.98. The van der Waals surface area contributed by atoms with Crippen LogP contribution in [0.3, 0.4) is 0 Å². The third kappa shape index (κ3) is 5.62. The minimum absolute atomic E-state index is 0.0807. The largest absolute Gasteiger partial charge is 0.384 e.